The number of ether oxygens (including phenoxy) is 1. The summed E-state index contributed by atoms with van der Waals surface area (Å²) in [5, 5.41) is 12.5. The fourth-order valence-corrected chi connectivity index (χ4v) is 1.71. The normalized spacial score (nSPS) is 13.9. The van der Waals surface area contributed by atoms with Gasteiger partial charge in [-0.25, -0.2) is 0 Å². The standard InChI is InChI=1S/C16H24N2O/c1-5-9-18-16(4,11-17)12-19-15-8-6-7-14(10-15)13(2)3/h6-8,10,13,18H,5,9,12H2,1-4H3. The third-order valence-corrected chi connectivity index (χ3v) is 3.06. The van der Waals surface area contributed by atoms with E-state index in [1.54, 1.807) is 0 Å². The van der Waals surface area contributed by atoms with Crippen LogP contribution in [0.1, 0.15) is 45.6 Å². The van der Waals surface area contributed by atoms with Crippen molar-refractivity contribution in [2.24, 2.45) is 0 Å². The van der Waals surface area contributed by atoms with Crippen LogP contribution in [0.5, 0.6) is 5.75 Å². The highest BCUT2D eigenvalue weighted by Crippen LogP contribution is 2.20. The van der Waals surface area contributed by atoms with E-state index in [4.69, 9.17) is 4.74 Å². The monoisotopic (exact) mass is 260 g/mol. The first kappa shape index (κ1) is 15.5. The Labute approximate surface area is 116 Å². The highest BCUT2D eigenvalue weighted by Gasteiger charge is 2.23. The van der Waals surface area contributed by atoms with Crippen molar-refractivity contribution in [3.05, 3.63) is 29.8 Å². The van der Waals surface area contributed by atoms with Gasteiger partial charge < -0.3 is 4.74 Å². The maximum absolute atomic E-state index is 9.24. The zero-order valence-corrected chi connectivity index (χ0v) is 12.4. The minimum absolute atomic E-state index is 0.352. The van der Waals surface area contributed by atoms with Crippen molar-refractivity contribution in [1.82, 2.24) is 5.32 Å². The molecule has 0 heterocycles. The summed E-state index contributed by atoms with van der Waals surface area (Å²) in [5.74, 6) is 1.30. The predicted molar refractivity (Wildman–Crippen MR) is 78.3 cm³/mol. The quantitative estimate of drug-likeness (QED) is 0.816. The van der Waals surface area contributed by atoms with Crippen LogP contribution in [-0.4, -0.2) is 18.7 Å². The Morgan fingerprint density at radius 2 is 2.16 bits per heavy atom. The van der Waals surface area contributed by atoms with Crippen LogP contribution >= 0.6 is 0 Å². The molecule has 0 aliphatic heterocycles. The third kappa shape index (κ3) is 4.92. The van der Waals surface area contributed by atoms with Gasteiger partial charge in [-0.2, -0.15) is 5.26 Å². The highest BCUT2D eigenvalue weighted by atomic mass is 16.5. The molecule has 0 aliphatic rings. The van der Waals surface area contributed by atoms with Gasteiger partial charge in [-0.1, -0.05) is 32.9 Å². The van der Waals surface area contributed by atoms with Gasteiger partial charge in [0.2, 0.25) is 0 Å². The van der Waals surface area contributed by atoms with Crippen LogP contribution in [0.4, 0.5) is 0 Å². The van der Waals surface area contributed by atoms with Crippen LogP contribution in [0.2, 0.25) is 0 Å². The van der Waals surface area contributed by atoms with Gasteiger partial charge in [0, 0.05) is 0 Å². The van der Waals surface area contributed by atoms with Crippen molar-refractivity contribution in [2.45, 2.75) is 45.6 Å². The van der Waals surface area contributed by atoms with Crippen LogP contribution in [0, 0.1) is 11.3 Å². The van der Waals surface area contributed by atoms with E-state index in [9.17, 15) is 5.26 Å². The van der Waals surface area contributed by atoms with Gasteiger partial charge in [0.15, 0.2) is 0 Å². The largest absolute Gasteiger partial charge is 0.491 e. The molecule has 0 radical (unpaired) electrons. The van der Waals surface area contributed by atoms with Gasteiger partial charge >= 0.3 is 0 Å². The predicted octanol–water partition coefficient (Wildman–Crippen LogP) is 3.47. The molecule has 1 unspecified atom stereocenters. The zero-order valence-electron chi connectivity index (χ0n) is 12.4. The molecule has 3 nitrogen and oxygen atoms in total. The molecule has 0 saturated heterocycles. The number of nitrogens with zero attached hydrogens (tertiary/aromatic N) is 1. The molecule has 1 aromatic carbocycles. The fraction of sp³-hybridized carbons (Fsp3) is 0.562. The van der Waals surface area contributed by atoms with Crippen LogP contribution in [-0.2, 0) is 0 Å². The van der Waals surface area contributed by atoms with Crippen molar-refractivity contribution in [3.63, 3.8) is 0 Å². The lowest BCUT2D eigenvalue weighted by Gasteiger charge is -2.23. The van der Waals surface area contributed by atoms with Gasteiger partial charge in [0.1, 0.15) is 17.9 Å². The van der Waals surface area contributed by atoms with E-state index in [-0.39, 0.29) is 0 Å². The molecule has 0 fully saturated rings. The van der Waals surface area contributed by atoms with E-state index >= 15 is 0 Å². The van der Waals surface area contributed by atoms with Crippen LogP contribution < -0.4 is 10.1 Å². The maximum Gasteiger partial charge on any atom is 0.138 e. The van der Waals surface area contributed by atoms with E-state index in [1.165, 1.54) is 5.56 Å². The van der Waals surface area contributed by atoms with Crippen molar-refractivity contribution < 1.29 is 4.74 Å². The molecule has 3 heteroatoms. The topological polar surface area (TPSA) is 45.0 Å². The molecule has 1 N–H and O–H groups in total. The van der Waals surface area contributed by atoms with Gasteiger partial charge in [0.25, 0.3) is 0 Å². The van der Waals surface area contributed by atoms with Crippen LogP contribution in [0.15, 0.2) is 24.3 Å². The van der Waals surface area contributed by atoms with E-state index in [0.29, 0.717) is 12.5 Å². The average Bonchev–Trinajstić information content (AvgIpc) is 2.43. The highest BCUT2D eigenvalue weighted by molar-refractivity contribution is 5.30. The lowest BCUT2D eigenvalue weighted by atomic mass is 10.0. The van der Waals surface area contributed by atoms with Gasteiger partial charge in [-0.05, 0) is 43.5 Å². The SMILES string of the molecule is CCCNC(C)(C#N)COc1cccc(C(C)C)c1. The summed E-state index contributed by atoms with van der Waals surface area (Å²) < 4.78 is 5.76. The Kier molecular flexibility index (Phi) is 5.85. The Balaban J connectivity index is 2.65. The maximum atomic E-state index is 9.24. The van der Waals surface area contributed by atoms with E-state index < -0.39 is 5.54 Å². The van der Waals surface area contributed by atoms with Gasteiger partial charge in [0.05, 0.1) is 6.07 Å². The number of rotatable bonds is 7. The number of nitrogens with one attached hydrogen (secondary N) is 1. The molecule has 0 aromatic heterocycles. The van der Waals surface area contributed by atoms with Crippen molar-refractivity contribution in [1.29, 1.82) is 5.26 Å². The summed E-state index contributed by atoms with van der Waals surface area (Å²) in [4.78, 5) is 0. The second kappa shape index (κ2) is 7.16. The average molecular weight is 260 g/mol. The molecule has 1 atom stereocenters. The third-order valence-electron chi connectivity index (χ3n) is 3.06. The molecular weight excluding hydrogens is 236 g/mol. The van der Waals surface area contributed by atoms with E-state index in [0.717, 1.165) is 18.7 Å². The van der Waals surface area contributed by atoms with Gasteiger partial charge in [-0.15, -0.1) is 0 Å². The Morgan fingerprint density at radius 3 is 2.74 bits per heavy atom. The summed E-state index contributed by atoms with van der Waals surface area (Å²) in [6.45, 7) is 9.43. The van der Waals surface area contributed by atoms with Gasteiger partial charge in [-0.3, -0.25) is 5.32 Å². The first-order valence-corrected chi connectivity index (χ1v) is 6.90. The molecule has 0 spiro atoms. The lowest BCUT2D eigenvalue weighted by molar-refractivity contribution is 0.234. The number of benzene rings is 1. The first-order chi connectivity index (χ1) is 9.00. The summed E-state index contributed by atoms with van der Waals surface area (Å²) in [5.41, 5.74) is 0.613. The molecule has 1 aromatic rings. The Bertz CT molecular complexity index is 437. The molecule has 1 rings (SSSR count). The summed E-state index contributed by atoms with van der Waals surface area (Å²) >= 11 is 0. The number of hydrogen-bond acceptors (Lipinski definition) is 3. The second-order valence-corrected chi connectivity index (χ2v) is 5.39. The summed E-state index contributed by atoms with van der Waals surface area (Å²) in [6.07, 6.45) is 1.00. The first-order valence-electron chi connectivity index (χ1n) is 6.90. The zero-order chi connectivity index (χ0) is 14.3. The molecule has 0 bridgehead atoms. The molecular formula is C16H24N2O. The van der Waals surface area contributed by atoms with E-state index in [2.05, 4.69) is 38.2 Å². The molecule has 0 aliphatic carbocycles. The Morgan fingerprint density at radius 1 is 1.42 bits per heavy atom. The lowest BCUT2D eigenvalue weighted by Crippen LogP contribution is -2.46. The minimum Gasteiger partial charge on any atom is -0.491 e. The summed E-state index contributed by atoms with van der Waals surface area (Å²) in [7, 11) is 0. The molecule has 104 valence electrons. The van der Waals surface area contributed by atoms with Crippen LogP contribution in [0.3, 0.4) is 0 Å². The summed E-state index contributed by atoms with van der Waals surface area (Å²) in [6, 6.07) is 10.4. The molecule has 0 amide bonds. The fourth-order valence-electron chi connectivity index (χ4n) is 1.71. The molecule has 19 heavy (non-hydrogen) atoms. The minimum atomic E-state index is -0.635. The van der Waals surface area contributed by atoms with Crippen molar-refractivity contribution in [3.8, 4) is 11.8 Å². The smallest absolute Gasteiger partial charge is 0.138 e. The van der Waals surface area contributed by atoms with Crippen molar-refractivity contribution >= 4 is 0 Å². The van der Waals surface area contributed by atoms with Crippen LogP contribution in [0.25, 0.3) is 0 Å². The number of hydrogen-bond donors (Lipinski definition) is 1. The second-order valence-electron chi connectivity index (χ2n) is 5.39. The van der Waals surface area contributed by atoms with Crippen molar-refractivity contribution in [2.75, 3.05) is 13.2 Å². The number of nitriles is 1. The van der Waals surface area contributed by atoms with E-state index in [1.807, 2.05) is 25.1 Å². The Hall–Kier alpha value is -1.53. The molecule has 0 saturated carbocycles.